The van der Waals surface area contributed by atoms with Crippen LogP contribution in [0.5, 0.6) is 5.75 Å². The van der Waals surface area contributed by atoms with Gasteiger partial charge in [0.05, 0.1) is 12.2 Å². The summed E-state index contributed by atoms with van der Waals surface area (Å²) in [5.74, 6) is 0.551. The summed E-state index contributed by atoms with van der Waals surface area (Å²) in [6.07, 6.45) is 0.366. The molecule has 0 saturated heterocycles. The van der Waals surface area contributed by atoms with Gasteiger partial charge in [0, 0.05) is 12.1 Å². The Kier molecular flexibility index (Phi) is 4.63. The average Bonchev–Trinajstić information content (AvgIpc) is 2.48. The van der Waals surface area contributed by atoms with Crippen molar-refractivity contribution in [2.45, 2.75) is 33.3 Å². The van der Waals surface area contributed by atoms with Gasteiger partial charge in [-0.05, 0) is 30.5 Å². The molecule has 1 atom stereocenters. The number of nitrogens with two attached hydrogens (primary N) is 1. The zero-order chi connectivity index (χ0) is 15.6. The Labute approximate surface area is 125 Å². The number of amides is 1. The fraction of sp³-hybridized carbons (Fsp3) is 0.500. The predicted molar refractivity (Wildman–Crippen MR) is 81.7 cm³/mol. The van der Waals surface area contributed by atoms with Gasteiger partial charge in [-0.2, -0.15) is 0 Å². The molecular weight excluding hydrogens is 268 g/mol. The van der Waals surface area contributed by atoms with Crippen LogP contribution in [0.2, 0.25) is 0 Å². The van der Waals surface area contributed by atoms with E-state index in [-0.39, 0.29) is 24.2 Å². The van der Waals surface area contributed by atoms with Crippen molar-refractivity contribution in [1.82, 2.24) is 0 Å². The molecular formula is C16H22N2O3. The number of ketones is 1. The number of fused-ring (bicyclic) bond motifs is 1. The van der Waals surface area contributed by atoms with Gasteiger partial charge in [0.25, 0.3) is 5.91 Å². The molecule has 0 spiro atoms. The highest BCUT2D eigenvalue weighted by Gasteiger charge is 2.36. The molecule has 1 heterocycles. The highest BCUT2D eigenvalue weighted by molar-refractivity contribution is 6.03. The second-order valence-electron chi connectivity index (χ2n) is 5.58. The number of carbonyl (C=O) groups excluding carboxylic acids is 2. The van der Waals surface area contributed by atoms with Crippen LogP contribution < -0.4 is 15.4 Å². The number of Topliss-reactive ketones (excluding diaryl/α,β-unsaturated/α-hetero) is 1. The Bertz CT molecular complexity index is 554. The molecule has 1 aromatic carbocycles. The quantitative estimate of drug-likeness (QED) is 0.842. The van der Waals surface area contributed by atoms with Gasteiger partial charge in [-0.25, -0.2) is 0 Å². The molecule has 1 aliphatic rings. The van der Waals surface area contributed by atoms with Crippen LogP contribution in [0.3, 0.4) is 0 Å². The number of rotatable bonds is 5. The Balaban J connectivity index is 2.46. The first-order chi connectivity index (χ1) is 9.99. The van der Waals surface area contributed by atoms with E-state index in [4.69, 9.17) is 10.5 Å². The maximum Gasteiger partial charge on any atom is 0.268 e. The first-order valence-electron chi connectivity index (χ1n) is 7.35. The number of benzene rings is 1. The molecule has 0 radical (unpaired) electrons. The van der Waals surface area contributed by atoms with E-state index in [1.807, 2.05) is 20.8 Å². The summed E-state index contributed by atoms with van der Waals surface area (Å²) < 4.78 is 5.82. The zero-order valence-electron chi connectivity index (χ0n) is 12.8. The monoisotopic (exact) mass is 290 g/mol. The lowest BCUT2D eigenvalue weighted by Gasteiger charge is -2.36. The molecule has 0 bridgehead atoms. The zero-order valence-corrected chi connectivity index (χ0v) is 12.8. The highest BCUT2D eigenvalue weighted by Crippen LogP contribution is 2.36. The molecule has 0 fully saturated rings. The number of anilines is 1. The van der Waals surface area contributed by atoms with Crippen molar-refractivity contribution in [3.63, 3.8) is 0 Å². The summed E-state index contributed by atoms with van der Waals surface area (Å²) in [6, 6.07) is 5.16. The van der Waals surface area contributed by atoms with E-state index in [9.17, 15) is 9.59 Å². The SMILES string of the molecule is CCCN1C(=O)C(C(C)C)Oc2ccc(C(=O)CN)cc21. The van der Waals surface area contributed by atoms with Crippen LogP contribution in [0.25, 0.3) is 0 Å². The summed E-state index contributed by atoms with van der Waals surface area (Å²) in [7, 11) is 0. The van der Waals surface area contributed by atoms with Crippen molar-refractivity contribution in [2.24, 2.45) is 11.7 Å². The number of carbonyl (C=O) groups is 2. The van der Waals surface area contributed by atoms with E-state index in [1.165, 1.54) is 0 Å². The van der Waals surface area contributed by atoms with Gasteiger partial charge in [0.1, 0.15) is 5.75 Å². The highest BCUT2D eigenvalue weighted by atomic mass is 16.5. The number of hydrogen-bond acceptors (Lipinski definition) is 4. The minimum Gasteiger partial charge on any atom is -0.478 e. The molecule has 1 aromatic rings. The Morgan fingerprint density at radius 1 is 1.43 bits per heavy atom. The average molecular weight is 290 g/mol. The van der Waals surface area contributed by atoms with Crippen molar-refractivity contribution in [3.05, 3.63) is 23.8 Å². The van der Waals surface area contributed by atoms with Gasteiger partial charge in [-0.3, -0.25) is 9.59 Å². The lowest BCUT2D eigenvalue weighted by molar-refractivity contribution is -0.128. The van der Waals surface area contributed by atoms with Gasteiger partial charge in [-0.15, -0.1) is 0 Å². The van der Waals surface area contributed by atoms with E-state index < -0.39 is 6.10 Å². The molecule has 0 aromatic heterocycles. The molecule has 1 aliphatic heterocycles. The Hall–Kier alpha value is -1.88. The topological polar surface area (TPSA) is 72.6 Å². The predicted octanol–water partition coefficient (Wildman–Crippen LogP) is 1.99. The fourth-order valence-electron chi connectivity index (χ4n) is 2.45. The van der Waals surface area contributed by atoms with E-state index >= 15 is 0 Å². The summed E-state index contributed by atoms with van der Waals surface area (Å²) in [5.41, 5.74) is 6.58. The van der Waals surface area contributed by atoms with Crippen molar-refractivity contribution in [1.29, 1.82) is 0 Å². The van der Waals surface area contributed by atoms with Gasteiger partial charge < -0.3 is 15.4 Å². The molecule has 0 aliphatic carbocycles. The molecule has 5 nitrogen and oxygen atoms in total. The van der Waals surface area contributed by atoms with Crippen LogP contribution in [-0.4, -0.2) is 30.9 Å². The largest absolute Gasteiger partial charge is 0.478 e. The molecule has 0 saturated carbocycles. The Morgan fingerprint density at radius 2 is 2.14 bits per heavy atom. The minimum absolute atomic E-state index is 0.0447. The van der Waals surface area contributed by atoms with Crippen molar-refractivity contribution in [3.8, 4) is 5.75 Å². The lowest BCUT2D eigenvalue weighted by Crippen LogP contribution is -2.48. The number of nitrogens with zero attached hydrogens (tertiary/aromatic N) is 1. The van der Waals surface area contributed by atoms with Gasteiger partial charge in [0.15, 0.2) is 11.9 Å². The van der Waals surface area contributed by atoms with Crippen LogP contribution >= 0.6 is 0 Å². The minimum atomic E-state index is -0.472. The van der Waals surface area contributed by atoms with Gasteiger partial charge >= 0.3 is 0 Å². The molecule has 1 unspecified atom stereocenters. The van der Waals surface area contributed by atoms with Crippen LogP contribution in [0.15, 0.2) is 18.2 Å². The van der Waals surface area contributed by atoms with Crippen molar-refractivity contribution in [2.75, 3.05) is 18.0 Å². The van der Waals surface area contributed by atoms with Crippen molar-refractivity contribution < 1.29 is 14.3 Å². The third-order valence-electron chi connectivity index (χ3n) is 3.57. The molecule has 1 amide bonds. The van der Waals surface area contributed by atoms with Crippen LogP contribution in [0, 0.1) is 5.92 Å². The van der Waals surface area contributed by atoms with Gasteiger partial charge in [-0.1, -0.05) is 20.8 Å². The van der Waals surface area contributed by atoms with Crippen LogP contribution in [0.4, 0.5) is 5.69 Å². The number of hydrogen-bond donors (Lipinski definition) is 1. The standard InChI is InChI=1S/C16H22N2O3/c1-4-7-18-12-8-11(13(19)9-17)5-6-14(12)21-15(10(2)3)16(18)20/h5-6,8,10,15H,4,7,9,17H2,1-3H3. The smallest absolute Gasteiger partial charge is 0.268 e. The normalized spacial score (nSPS) is 17.7. The third kappa shape index (κ3) is 2.93. The second kappa shape index (κ2) is 6.26. The molecule has 5 heteroatoms. The third-order valence-corrected chi connectivity index (χ3v) is 3.57. The summed E-state index contributed by atoms with van der Waals surface area (Å²) in [6.45, 7) is 6.50. The summed E-state index contributed by atoms with van der Waals surface area (Å²) in [4.78, 5) is 26.0. The van der Waals surface area contributed by atoms with E-state index in [1.54, 1.807) is 23.1 Å². The number of ether oxygens (including phenoxy) is 1. The molecule has 114 valence electrons. The van der Waals surface area contributed by atoms with E-state index in [2.05, 4.69) is 0 Å². The lowest BCUT2D eigenvalue weighted by atomic mass is 10.0. The molecule has 2 rings (SSSR count). The van der Waals surface area contributed by atoms with Gasteiger partial charge in [0.2, 0.25) is 0 Å². The maximum absolute atomic E-state index is 12.6. The summed E-state index contributed by atoms with van der Waals surface area (Å²) >= 11 is 0. The first-order valence-corrected chi connectivity index (χ1v) is 7.35. The van der Waals surface area contributed by atoms with Crippen molar-refractivity contribution >= 4 is 17.4 Å². The van der Waals surface area contributed by atoms with Crippen LogP contribution in [-0.2, 0) is 4.79 Å². The first kappa shape index (κ1) is 15.5. The van der Waals surface area contributed by atoms with Crippen LogP contribution in [0.1, 0.15) is 37.6 Å². The second-order valence-corrected chi connectivity index (χ2v) is 5.58. The Morgan fingerprint density at radius 3 is 2.71 bits per heavy atom. The van der Waals surface area contributed by atoms with E-state index in [0.29, 0.717) is 23.5 Å². The molecule has 2 N–H and O–H groups in total. The summed E-state index contributed by atoms with van der Waals surface area (Å²) in [5, 5.41) is 0. The fourth-order valence-corrected chi connectivity index (χ4v) is 2.45. The van der Waals surface area contributed by atoms with E-state index in [0.717, 1.165) is 6.42 Å². The molecule has 21 heavy (non-hydrogen) atoms. The maximum atomic E-state index is 12.6.